The predicted molar refractivity (Wildman–Crippen MR) is 179 cm³/mol. The van der Waals surface area contributed by atoms with E-state index in [9.17, 15) is 19.6 Å². The molecule has 0 N–H and O–H groups in total. The van der Waals surface area contributed by atoms with Gasteiger partial charge in [-0.3, -0.25) is 0 Å². The fourth-order valence-electron chi connectivity index (χ4n) is 5.41. The van der Waals surface area contributed by atoms with Crippen molar-refractivity contribution in [3.8, 4) is 29.0 Å². The first-order valence-corrected chi connectivity index (χ1v) is 14.9. The molecule has 7 rings (SSSR count). The highest BCUT2D eigenvalue weighted by Gasteiger charge is 2.21. The maximum absolute atomic E-state index is 13.4. The lowest BCUT2D eigenvalue weighted by molar-refractivity contribution is -0.139. The molecule has 7 aromatic rings. The first kappa shape index (κ1) is 29.8. The number of ether oxygens (including phenoxy) is 1. The average Bonchev–Trinajstić information content (AvgIpc) is 3.13. The quantitative estimate of drug-likeness (QED) is 0.103. The first-order valence-electron chi connectivity index (χ1n) is 14.9. The third-order valence-corrected chi connectivity index (χ3v) is 7.71. The molecule has 0 saturated heterocycles. The number of hydrogen-bond acceptors (Lipinski definition) is 9. The van der Waals surface area contributed by atoms with Crippen LogP contribution < -0.4 is 11.3 Å². The number of carbonyl (C=O) groups is 1. The highest BCUT2D eigenvalue weighted by molar-refractivity contribution is 6.05. The highest BCUT2D eigenvalue weighted by atomic mass is 16.5. The Kier molecular flexibility index (Phi) is 7.96. The summed E-state index contributed by atoms with van der Waals surface area (Å²) in [6.07, 6.45) is 0. The van der Waals surface area contributed by atoms with Gasteiger partial charge >= 0.3 is 17.2 Å². The van der Waals surface area contributed by atoms with Crippen LogP contribution in [-0.2, 0) is 16.1 Å². The molecule has 0 aliphatic rings. The predicted octanol–water partition coefficient (Wildman–Crippen LogP) is 7.09. The van der Waals surface area contributed by atoms with Gasteiger partial charge in [-0.1, -0.05) is 84.9 Å². The second kappa shape index (κ2) is 12.8. The van der Waals surface area contributed by atoms with Crippen LogP contribution in [-0.4, -0.2) is 15.9 Å². The van der Waals surface area contributed by atoms with Crippen LogP contribution in [0, 0.1) is 11.3 Å². The number of hydrogen-bond donors (Lipinski definition) is 0. The number of para-hydroxylation sites is 1. The SMILES string of the molecule is N#CC(C(=O)OCc1cccc2nc(-c3ccc(-c4nc5ccccc5c(=O)o4)cc3)oc(=O)c12)=C(c1ccccc1)c1ccccc1. The van der Waals surface area contributed by atoms with Crippen LogP contribution >= 0.6 is 0 Å². The van der Waals surface area contributed by atoms with Crippen molar-refractivity contribution in [2.24, 2.45) is 0 Å². The van der Waals surface area contributed by atoms with Crippen LogP contribution in [0.25, 0.3) is 50.3 Å². The van der Waals surface area contributed by atoms with Gasteiger partial charge in [-0.25, -0.2) is 24.4 Å². The molecule has 9 heteroatoms. The number of rotatable bonds is 7. The van der Waals surface area contributed by atoms with Crippen LogP contribution in [0.3, 0.4) is 0 Å². The standard InChI is InChI=1S/C39H23N3O6/c40-22-30(33(24-10-3-1-4-11-24)25-12-5-2-6-13-25)37(43)46-23-28-14-9-17-32-34(28)39(45)48-36(42-32)27-20-18-26(19-21-27)35-41-31-16-8-7-15-29(31)38(44)47-35/h1-21H,23H2. The monoisotopic (exact) mass is 629 g/mol. The zero-order valence-corrected chi connectivity index (χ0v) is 25.1. The Balaban J connectivity index is 1.17. The zero-order valence-electron chi connectivity index (χ0n) is 25.1. The molecule has 0 spiro atoms. The van der Waals surface area contributed by atoms with E-state index in [1.54, 1.807) is 66.7 Å². The zero-order chi connectivity index (χ0) is 33.0. The topological polar surface area (TPSA) is 136 Å². The highest BCUT2D eigenvalue weighted by Crippen LogP contribution is 2.29. The molecule has 0 aliphatic heterocycles. The second-order valence-corrected chi connectivity index (χ2v) is 10.7. The summed E-state index contributed by atoms with van der Waals surface area (Å²) in [5, 5.41) is 10.6. The lowest BCUT2D eigenvalue weighted by Crippen LogP contribution is -2.12. The summed E-state index contributed by atoms with van der Waals surface area (Å²) in [7, 11) is 0. The van der Waals surface area contributed by atoms with Gasteiger partial charge in [0.2, 0.25) is 11.8 Å². The Hall–Kier alpha value is -6.92. The lowest BCUT2D eigenvalue weighted by atomic mass is 9.93. The van der Waals surface area contributed by atoms with Crippen molar-refractivity contribution in [3.05, 3.63) is 170 Å². The molecule has 48 heavy (non-hydrogen) atoms. The number of nitrogens with zero attached hydrogens (tertiary/aromatic N) is 3. The third kappa shape index (κ3) is 5.77. The van der Waals surface area contributed by atoms with Gasteiger partial charge in [0.05, 0.1) is 21.8 Å². The molecule has 5 aromatic carbocycles. The van der Waals surface area contributed by atoms with Gasteiger partial charge in [0.1, 0.15) is 18.2 Å². The molecule has 2 heterocycles. The summed E-state index contributed by atoms with van der Waals surface area (Å²) in [6.45, 7) is -0.289. The summed E-state index contributed by atoms with van der Waals surface area (Å²) < 4.78 is 16.6. The number of fused-ring (bicyclic) bond motifs is 2. The fourth-order valence-corrected chi connectivity index (χ4v) is 5.41. The molecule has 0 unspecified atom stereocenters. The Morgan fingerprint density at radius 2 is 1.19 bits per heavy atom. The number of carbonyl (C=O) groups excluding carboxylic acids is 1. The third-order valence-electron chi connectivity index (χ3n) is 7.71. The van der Waals surface area contributed by atoms with Crippen molar-refractivity contribution >= 4 is 33.3 Å². The van der Waals surface area contributed by atoms with Gasteiger partial charge in [0, 0.05) is 22.3 Å². The molecule has 0 saturated carbocycles. The van der Waals surface area contributed by atoms with E-state index < -0.39 is 17.2 Å². The van der Waals surface area contributed by atoms with Crippen LogP contribution in [0.1, 0.15) is 16.7 Å². The Morgan fingerprint density at radius 1 is 0.646 bits per heavy atom. The minimum absolute atomic E-state index is 0.0752. The Labute approximate surface area is 272 Å². The Morgan fingerprint density at radius 3 is 1.81 bits per heavy atom. The summed E-state index contributed by atoms with van der Waals surface area (Å²) in [5.41, 5.74) is 2.79. The van der Waals surface area contributed by atoms with E-state index in [1.165, 1.54) is 0 Å². The first-order chi connectivity index (χ1) is 23.5. The maximum atomic E-state index is 13.4. The normalized spacial score (nSPS) is 10.8. The van der Waals surface area contributed by atoms with Crippen LogP contribution in [0.15, 0.2) is 151 Å². The molecule has 0 aliphatic carbocycles. The largest absolute Gasteiger partial charge is 0.457 e. The minimum Gasteiger partial charge on any atom is -0.457 e. The summed E-state index contributed by atoms with van der Waals surface area (Å²) in [6, 6.07) is 38.9. The van der Waals surface area contributed by atoms with E-state index in [-0.39, 0.29) is 29.3 Å². The number of aromatic nitrogens is 2. The maximum Gasteiger partial charge on any atom is 0.349 e. The van der Waals surface area contributed by atoms with E-state index in [0.717, 1.165) is 0 Å². The van der Waals surface area contributed by atoms with Gasteiger partial charge in [0.15, 0.2) is 0 Å². The minimum atomic E-state index is -0.831. The van der Waals surface area contributed by atoms with E-state index in [0.29, 0.717) is 49.8 Å². The number of nitriles is 1. The van der Waals surface area contributed by atoms with Gasteiger partial charge in [-0.05, 0) is 53.6 Å². The molecule has 9 nitrogen and oxygen atoms in total. The molecule has 0 amide bonds. The van der Waals surface area contributed by atoms with Crippen molar-refractivity contribution in [3.63, 3.8) is 0 Å². The van der Waals surface area contributed by atoms with Crippen molar-refractivity contribution in [1.82, 2.24) is 9.97 Å². The van der Waals surface area contributed by atoms with Gasteiger partial charge in [-0.2, -0.15) is 5.26 Å². The van der Waals surface area contributed by atoms with Crippen LogP contribution in [0.4, 0.5) is 0 Å². The van der Waals surface area contributed by atoms with Crippen molar-refractivity contribution in [1.29, 1.82) is 5.26 Å². The molecule has 0 atom stereocenters. The summed E-state index contributed by atoms with van der Waals surface area (Å²) in [5.74, 6) is -0.597. The molecule has 230 valence electrons. The van der Waals surface area contributed by atoms with Crippen molar-refractivity contribution in [2.75, 3.05) is 0 Å². The summed E-state index contributed by atoms with van der Waals surface area (Å²) >= 11 is 0. The van der Waals surface area contributed by atoms with Crippen LogP contribution in [0.5, 0.6) is 0 Å². The van der Waals surface area contributed by atoms with Gasteiger partial charge in [-0.15, -0.1) is 0 Å². The lowest BCUT2D eigenvalue weighted by Gasteiger charge is -2.12. The molecule has 0 bridgehead atoms. The van der Waals surface area contributed by atoms with Crippen LogP contribution in [0.2, 0.25) is 0 Å². The number of esters is 1. The van der Waals surface area contributed by atoms with Gasteiger partial charge < -0.3 is 13.6 Å². The van der Waals surface area contributed by atoms with E-state index in [2.05, 4.69) is 9.97 Å². The molecular formula is C39H23N3O6. The van der Waals surface area contributed by atoms with Gasteiger partial charge in [0.25, 0.3) is 0 Å². The molecule has 0 fully saturated rings. The fraction of sp³-hybridized carbons (Fsp3) is 0.0256. The number of benzene rings is 5. The summed E-state index contributed by atoms with van der Waals surface area (Å²) in [4.78, 5) is 48.1. The smallest absolute Gasteiger partial charge is 0.349 e. The average molecular weight is 630 g/mol. The van der Waals surface area contributed by atoms with E-state index in [4.69, 9.17) is 13.6 Å². The Bertz CT molecular complexity index is 2470. The molecule has 0 radical (unpaired) electrons. The molecular weight excluding hydrogens is 606 g/mol. The van der Waals surface area contributed by atoms with Crippen molar-refractivity contribution in [2.45, 2.75) is 6.61 Å². The second-order valence-electron chi connectivity index (χ2n) is 10.7. The van der Waals surface area contributed by atoms with E-state index in [1.807, 2.05) is 66.7 Å². The molecule has 2 aromatic heterocycles. The van der Waals surface area contributed by atoms with Crippen molar-refractivity contribution < 1.29 is 18.4 Å². The van der Waals surface area contributed by atoms with E-state index >= 15 is 0 Å².